The molecule has 0 unspecified atom stereocenters. The van der Waals surface area contributed by atoms with Gasteiger partial charge in [0, 0.05) is 55.4 Å². The highest BCUT2D eigenvalue weighted by Gasteiger charge is 2.29. The van der Waals surface area contributed by atoms with E-state index in [9.17, 15) is 4.79 Å². The number of nitrogens with zero attached hydrogens (tertiary/aromatic N) is 3. The Balaban J connectivity index is 1.14. The number of para-hydroxylation sites is 1. The maximum absolute atomic E-state index is 14.1. The van der Waals surface area contributed by atoms with Crippen LogP contribution in [-0.4, -0.2) is 61.1 Å². The molecule has 0 N–H and O–H groups in total. The Morgan fingerprint density at radius 2 is 1.58 bits per heavy atom. The Bertz CT molecular complexity index is 1420. The molecule has 0 bridgehead atoms. The molecule has 0 atom stereocenters. The van der Waals surface area contributed by atoms with Gasteiger partial charge in [0.25, 0.3) is 5.91 Å². The third kappa shape index (κ3) is 7.49. The quantitative estimate of drug-likeness (QED) is 0.174. The number of hydrogen-bond acceptors (Lipinski definition) is 5. The lowest BCUT2D eigenvalue weighted by Crippen LogP contribution is -2.46. The standard InChI is InChI=1S/C37H45N3O3/c1-2-3-4-7-29-10-14-31(15-11-29)37(41)40(27-30-12-16-33(17-13-30)39-22-24-42-25-23-39)34-18-20-38(21-19-34)28-35-26-32-8-5-6-9-36(32)43-35/h5-6,8-17,26,34H,2-4,7,18-25,27-28H2,1H3. The van der Waals surface area contributed by atoms with Crippen LogP contribution in [0.15, 0.2) is 83.3 Å². The number of ether oxygens (including phenoxy) is 1. The van der Waals surface area contributed by atoms with Crippen LogP contribution in [0.5, 0.6) is 0 Å². The molecule has 6 heteroatoms. The van der Waals surface area contributed by atoms with Crippen LogP contribution in [0.3, 0.4) is 0 Å². The van der Waals surface area contributed by atoms with E-state index in [0.29, 0.717) is 6.54 Å². The monoisotopic (exact) mass is 579 g/mol. The predicted molar refractivity (Wildman–Crippen MR) is 174 cm³/mol. The number of morpholine rings is 1. The number of hydrogen-bond donors (Lipinski definition) is 0. The number of anilines is 1. The molecule has 4 aromatic rings. The second kappa shape index (κ2) is 14.2. The van der Waals surface area contributed by atoms with E-state index in [1.807, 2.05) is 24.3 Å². The molecule has 2 aliphatic heterocycles. The minimum absolute atomic E-state index is 0.132. The summed E-state index contributed by atoms with van der Waals surface area (Å²) in [6, 6.07) is 27.7. The maximum atomic E-state index is 14.1. The van der Waals surface area contributed by atoms with Gasteiger partial charge in [-0.25, -0.2) is 0 Å². The van der Waals surface area contributed by atoms with Gasteiger partial charge in [-0.15, -0.1) is 0 Å². The number of benzene rings is 3. The average Bonchev–Trinajstić information content (AvgIpc) is 3.47. The molecular formula is C37H45N3O3. The Morgan fingerprint density at radius 3 is 2.30 bits per heavy atom. The van der Waals surface area contributed by atoms with E-state index in [1.165, 1.54) is 36.1 Å². The smallest absolute Gasteiger partial charge is 0.254 e. The van der Waals surface area contributed by atoms with Gasteiger partial charge in [-0.1, -0.05) is 62.2 Å². The van der Waals surface area contributed by atoms with E-state index < -0.39 is 0 Å². The highest BCUT2D eigenvalue weighted by molar-refractivity contribution is 5.94. The fourth-order valence-corrected chi connectivity index (χ4v) is 6.48. The Hall–Kier alpha value is -3.61. The van der Waals surface area contributed by atoms with Gasteiger partial charge in [0.1, 0.15) is 11.3 Å². The van der Waals surface area contributed by atoms with Crippen LogP contribution in [0, 0.1) is 0 Å². The summed E-state index contributed by atoms with van der Waals surface area (Å²) in [6.45, 7) is 8.93. The zero-order chi connectivity index (χ0) is 29.4. The molecule has 3 aromatic carbocycles. The van der Waals surface area contributed by atoms with E-state index in [0.717, 1.165) is 87.5 Å². The van der Waals surface area contributed by atoms with Crippen molar-refractivity contribution in [3.05, 3.63) is 101 Å². The summed E-state index contributed by atoms with van der Waals surface area (Å²) in [7, 11) is 0. The van der Waals surface area contributed by atoms with E-state index >= 15 is 0 Å². The fourth-order valence-electron chi connectivity index (χ4n) is 6.48. The van der Waals surface area contributed by atoms with Gasteiger partial charge >= 0.3 is 0 Å². The van der Waals surface area contributed by atoms with Gasteiger partial charge in [0.15, 0.2) is 0 Å². The molecule has 0 saturated carbocycles. The lowest BCUT2D eigenvalue weighted by atomic mass is 9.99. The number of furan rings is 1. The van der Waals surface area contributed by atoms with Crippen LogP contribution in [0.25, 0.3) is 11.0 Å². The van der Waals surface area contributed by atoms with E-state index in [4.69, 9.17) is 9.15 Å². The van der Waals surface area contributed by atoms with Crippen LogP contribution in [0.2, 0.25) is 0 Å². The summed E-state index contributed by atoms with van der Waals surface area (Å²) in [5, 5.41) is 1.15. The number of carbonyl (C=O) groups excluding carboxylic acids is 1. The van der Waals surface area contributed by atoms with Crippen molar-refractivity contribution in [2.24, 2.45) is 0 Å². The zero-order valence-electron chi connectivity index (χ0n) is 25.5. The summed E-state index contributed by atoms with van der Waals surface area (Å²) in [6.07, 6.45) is 6.64. The third-order valence-corrected chi connectivity index (χ3v) is 9.05. The molecule has 43 heavy (non-hydrogen) atoms. The van der Waals surface area contributed by atoms with Crippen molar-refractivity contribution in [3.63, 3.8) is 0 Å². The zero-order valence-corrected chi connectivity index (χ0v) is 25.5. The van der Waals surface area contributed by atoms with E-state index in [1.54, 1.807) is 0 Å². The van der Waals surface area contributed by atoms with Gasteiger partial charge in [0.2, 0.25) is 0 Å². The van der Waals surface area contributed by atoms with Gasteiger partial charge in [0.05, 0.1) is 19.8 Å². The van der Waals surface area contributed by atoms with E-state index in [-0.39, 0.29) is 11.9 Å². The molecule has 1 aromatic heterocycles. The van der Waals surface area contributed by atoms with Gasteiger partial charge < -0.3 is 19.0 Å². The maximum Gasteiger partial charge on any atom is 0.254 e. The van der Waals surface area contributed by atoms with Gasteiger partial charge in [-0.05, 0) is 73.2 Å². The minimum atomic E-state index is 0.132. The normalized spacial score (nSPS) is 16.5. The first kappa shape index (κ1) is 29.5. The fraction of sp³-hybridized carbons (Fsp3) is 0.432. The second-order valence-corrected chi connectivity index (χ2v) is 12.1. The molecule has 0 aliphatic carbocycles. The molecule has 2 saturated heterocycles. The summed E-state index contributed by atoms with van der Waals surface area (Å²) in [5.41, 5.74) is 5.44. The summed E-state index contributed by atoms with van der Waals surface area (Å²) in [5.74, 6) is 1.14. The topological polar surface area (TPSA) is 49.2 Å². The molecule has 3 heterocycles. The Labute approximate surface area is 256 Å². The Morgan fingerprint density at radius 1 is 0.860 bits per heavy atom. The number of aryl methyl sites for hydroxylation is 1. The molecule has 0 radical (unpaired) electrons. The lowest BCUT2D eigenvalue weighted by Gasteiger charge is -2.38. The van der Waals surface area contributed by atoms with Crippen LogP contribution < -0.4 is 4.90 Å². The molecule has 6 rings (SSSR count). The molecule has 0 spiro atoms. The molecule has 1 amide bonds. The number of fused-ring (bicyclic) bond motifs is 1. The van der Waals surface area contributed by atoms with Gasteiger partial charge in [-0.2, -0.15) is 0 Å². The number of piperidine rings is 1. The first-order chi connectivity index (χ1) is 21.2. The molecule has 2 fully saturated rings. The SMILES string of the molecule is CCCCCc1ccc(C(=O)N(Cc2ccc(N3CCOCC3)cc2)C2CCN(Cc3cc4ccccc4o3)CC2)cc1. The van der Waals surface area contributed by atoms with Crippen LogP contribution in [0.1, 0.15) is 66.3 Å². The van der Waals surface area contributed by atoms with Gasteiger partial charge in [-0.3, -0.25) is 9.69 Å². The second-order valence-electron chi connectivity index (χ2n) is 12.1. The molecular weight excluding hydrogens is 534 g/mol. The molecule has 6 nitrogen and oxygen atoms in total. The predicted octanol–water partition coefficient (Wildman–Crippen LogP) is 7.31. The number of carbonyl (C=O) groups is 1. The van der Waals surface area contributed by atoms with Crippen LogP contribution in [-0.2, 0) is 24.2 Å². The van der Waals surface area contributed by atoms with Crippen molar-refractivity contribution in [2.75, 3.05) is 44.3 Å². The van der Waals surface area contributed by atoms with Crippen molar-refractivity contribution in [1.82, 2.24) is 9.80 Å². The minimum Gasteiger partial charge on any atom is -0.460 e. The average molecular weight is 580 g/mol. The highest BCUT2D eigenvalue weighted by atomic mass is 16.5. The Kier molecular flexibility index (Phi) is 9.76. The first-order valence-corrected chi connectivity index (χ1v) is 16.2. The van der Waals surface area contributed by atoms with Crippen LogP contribution in [0.4, 0.5) is 5.69 Å². The van der Waals surface area contributed by atoms with Crippen molar-refractivity contribution in [2.45, 2.75) is 64.6 Å². The first-order valence-electron chi connectivity index (χ1n) is 16.2. The van der Waals surface area contributed by atoms with Crippen molar-refractivity contribution >= 4 is 22.6 Å². The summed E-state index contributed by atoms with van der Waals surface area (Å²) >= 11 is 0. The molecule has 226 valence electrons. The number of rotatable bonds is 11. The largest absolute Gasteiger partial charge is 0.460 e. The van der Waals surface area contributed by atoms with Crippen LogP contribution >= 0.6 is 0 Å². The van der Waals surface area contributed by atoms with Crippen molar-refractivity contribution < 1.29 is 13.9 Å². The number of unbranched alkanes of at least 4 members (excludes halogenated alkanes) is 2. The molecule has 2 aliphatic rings. The van der Waals surface area contributed by atoms with E-state index in [2.05, 4.69) is 76.2 Å². The summed E-state index contributed by atoms with van der Waals surface area (Å²) < 4.78 is 11.6. The number of amides is 1. The van der Waals surface area contributed by atoms with Crippen molar-refractivity contribution in [3.8, 4) is 0 Å². The highest BCUT2D eigenvalue weighted by Crippen LogP contribution is 2.26. The van der Waals surface area contributed by atoms with Crippen molar-refractivity contribution in [1.29, 1.82) is 0 Å². The third-order valence-electron chi connectivity index (χ3n) is 9.05. The summed E-state index contributed by atoms with van der Waals surface area (Å²) in [4.78, 5) is 21.0. The lowest BCUT2D eigenvalue weighted by molar-refractivity contribution is 0.0536. The number of likely N-dealkylation sites (tertiary alicyclic amines) is 1.